The van der Waals surface area contributed by atoms with Crippen LogP contribution in [0, 0.1) is 6.92 Å². The molecule has 1 amide bonds. The number of aromatic nitrogens is 1. The predicted molar refractivity (Wildman–Crippen MR) is 123 cm³/mol. The zero-order valence-corrected chi connectivity index (χ0v) is 19.2. The molecule has 0 bridgehead atoms. The normalized spacial score (nSPS) is 10.6. The van der Waals surface area contributed by atoms with Gasteiger partial charge in [0.25, 0.3) is 0 Å². The van der Waals surface area contributed by atoms with Gasteiger partial charge in [-0.25, -0.2) is 4.98 Å². The highest BCUT2D eigenvalue weighted by molar-refractivity contribution is 7.09. The molecule has 0 aliphatic rings. The number of hydrogen-bond donors (Lipinski definition) is 1. The molecule has 2 aromatic carbocycles. The van der Waals surface area contributed by atoms with Gasteiger partial charge in [-0.05, 0) is 43.0 Å². The van der Waals surface area contributed by atoms with Crippen LogP contribution >= 0.6 is 11.3 Å². The van der Waals surface area contributed by atoms with Gasteiger partial charge in [0, 0.05) is 23.9 Å². The number of aryl methyl sites for hydroxylation is 2. The predicted octanol–water partition coefficient (Wildman–Crippen LogP) is 4.44. The van der Waals surface area contributed by atoms with Crippen molar-refractivity contribution < 1.29 is 19.0 Å². The maximum Gasteiger partial charge on any atom is 0.220 e. The zero-order valence-electron chi connectivity index (χ0n) is 18.4. The van der Waals surface area contributed by atoms with E-state index in [2.05, 4.69) is 39.9 Å². The fourth-order valence-corrected chi connectivity index (χ4v) is 3.93. The molecule has 0 saturated heterocycles. The molecule has 1 N–H and O–H groups in total. The van der Waals surface area contributed by atoms with Gasteiger partial charge in [-0.1, -0.05) is 24.3 Å². The first-order valence-corrected chi connectivity index (χ1v) is 11.0. The van der Waals surface area contributed by atoms with E-state index in [1.54, 1.807) is 32.7 Å². The molecular weight excluding hydrogens is 412 g/mol. The lowest BCUT2D eigenvalue weighted by Gasteiger charge is -2.14. The number of carbonyl (C=O) groups excluding carboxylic acids is 1. The Labute approximate surface area is 187 Å². The molecule has 0 fully saturated rings. The van der Waals surface area contributed by atoms with Crippen LogP contribution in [-0.2, 0) is 17.6 Å². The fraction of sp³-hybridized carbons (Fsp3) is 0.333. The maximum absolute atomic E-state index is 12.3. The van der Waals surface area contributed by atoms with E-state index in [1.807, 2.05) is 19.1 Å². The van der Waals surface area contributed by atoms with Crippen molar-refractivity contribution in [2.24, 2.45) is 0 Å². The molecular formula is C24H28N2O4S. The van der Waals surface area contributed by atoms with Crippen LogP contribution in [0.2, 0.25) is 0 Å². The van der Waals surface area contributed by atoms with E-state index >= 15 is 0 Å². The third kappa shape index (κ3) is 5.98. The van der Waals surface area contributed by atoms with Crippen molar-refractivity contribution >= 4 is 17.2 Å². The number of methoxy groups -OCH3 is 3. The summed E-state index contributed by atoms with van der Waals surface area (Å²) in [5.74, 6) is 1.75. The Kier molecular flexibility index (Phi) is 7.89. The number of ether oxygens (including phenoxy) is 3. The average molecular weight is 441 g/mol. The van der Waals surface area contributed by atoms with E-state index in [0.29, 0.717) is 36.6 Å². The third-order valence-corrected chi connectivity index (χ3v) is 5.74. The summed E-state index contributed by atoms with van der Waals surface area (Å²) >= 11 is 1.65. The molecule has 3 aromatic rings. The van der Waals surface area contributed by atoms with Gasteiger partial charge in [0.1, 0.15) is 0 Å². The highest BCUT2D eigenvalue weighted by Gasteiger charge is 2.14. The van der Waals surface area contributed by atoms with Gasteiger partial charge in [-0.2, -0.15) is 0 Å². The van der Waals surface area contributed by atoms with Crippen molar-refractivity contribution in [3.8, 4) is 28.5 Å². The van der Waals surface area contributed by atoms with Crippen molar-refractivity contribution in [2.45, 2.75) is 26.2 Å². The van der Waals surface area contributed by atoms with Gasteiger partial charge in [0.15, 0.2) is 11.5 Å². The number of nitrogens with one attached hydrogen (secondary N) is 1. The largest absolute Gasteiger partial charge is 0.493 e. The third-order valence-electron chi connectivity index (χ3n) is 4.97. The van der Waals surface area contributed by atoms with Crippen molar-refractivity contribution in [2.75, 3.05) is 27.9 Å². The molecule has 3 rings (SSSR count). The summed E-state index contributed by atoms with van der Waals surface area (Å²) in [5, 5.41) is 6.13. The summed E-state index contributed by atoms with van der Waals surface area (Å²) in [6.07, 6.45) is 1.76. The molecule has 0 atom stereocenters. The summed E-state index contributed by atoms with van der Waals surface area (Å²) in [5.41, 5.74) is 4.26. The van der Waals surface area contributed by atoms with Gasteiger partial charge in [0.05, 0.1) is 32.0 Å². The molecule has 1 heterocycles. The molecule has 7 heteroatoms. The molecule has 0 radical (unpaired) electrons. The maximum atomic E-state index is 12.3. The van der Waals surface area contributed by atoms with Crippen LogP contribution in [0.4, 0.5) is 0 Å². The second-order valence-electron chi connectivity index (χ2n) is 7.08. The van der Waals surface area contributed by atoms with Crippen LogP contribution in [-0.4, -0.2) is 38.8 Å². The first-order valence-electron chi connectivity index (χ1n) is 10.1. The SMILES string of the molecule is COc1cc(CCC(=O)NCCc2ccc(-c3csc(C)n3)cc2)cc(OC)c1OC. The molecule has 1 aromatic heterocycles. The minimum absolute atomic E-state index is 0.0170. The van der Waals surface area contributed by atoms with E-state index in [0.717, 1.165) is 28.2 Å². The number of rotatable bonds is 10. The van der Waals surface area contributed by atoms with Crippen molar-refractivity contribution in [1.82, 2.24) is 10.3 Å². The number of hydrogen-bond acceptors (Lipinski definition) is 6. The molecule has 31 heavy (non-hydrogen) atoms. The highest BCUT2D eigenvalue weighted by atomic mass is 32.1. The van der Waals surface area contributed by atoms with Crippen LogP contribution < -0.4 is 19.5 Å². The second kappa shape index (κ2) is 10.8. The highest BCUT2D eigenvalue weighted by Crippen LogP contribution is 2.38. The van der Waals surface area contributed by atoms with Gasteiger partial charge >= 0.3 is 0 Å². The van der Waals surface area contributed by atoms with E-state index in [9.17, 15) is 4.79 Å². The summed E-state index contributed by atoms with van der Waals surface area (Å²) in [4.78, 5) is 16.8. The smallest absolute Gasteiger partial charge is 0.220 e. The van der Waals surface area contributed by atoms with E-state index in [4.69, 9.17) is 14.2 Å². The van der Waals surface area contributed by atoms with Gasteiger partial charge in [0.2, 0.25) is 11.7 Å². The molecule has 0 aliphatic carbocycles. The van der Waals surface area contributed by atoms with Gasteiger partial charge in [-0.3, -0.25) is 4.79 Å². The van der Waals surface area contributed by atoms with Gasteiger partial charge < -0.3 is 19.5 Å². The standard InChI is InChI=1S/C24H28N2O4S/c1-16-26-20(15-31-16)19-8-5-17(6-9-19)11-12-25-23(27)10-7-18-13-21(28-2)24(30-4)22(14-18)29-3/h5-6,8-9,13-15H,7,10-12H2,1-4H3,(H,25,27). The Morgan fingerprint density at radius 2 is 1.65 bits per heavy atom. The van der Waals surface area contributed by atoms with E-state index < -0.39 is 0 Å². The molecule has 0 aliphatic heterocycles. The van der Waals surface area contributed by atoms with E-state index in [1.165, 1.54) is 5.56 Å². The Balaban J connectivity index is 1.47. The van der Waals surface area contributed by atoms with Crippen molar-refractivity contribution in [1.29, 1.82) is 0 Å². The molecule has 0 unspecified atom stereocenters. The number of benzene rings is 2. The Hall–Kier alpha value is -3.06. The minimum atomic E-state index is 0.0170. The van der Waals surface area contributed by atoms with E-state index in [-0.39, 0.29) is 5.91 Å². The summed E-state index contributed by atoms with van der Waals surface area (Å²) in [6, 6.07) is 12.1. The van der Waals surface area contributed by atoms with Crippen molar-refractivity contribution in [3.63, 3.8) is 0 Å². The number of carbonyl (C=O) groups is 1. The first kappa shape index (κ1) is 22.6. The van der Waals surface area contributed by atoms with Crippen molar-refractivity contribution in [3.05, 3.63) is 57.9 Å². The molecule has 164 valence electrons. The lowest BCUT2D eigenvalue weighted by atomic mass is 10.1. The topological polar surface area (TPSA) is 69.7 Å². The molecule has 0 spiro atoms. The Morgan fingerprint density at radius 1 is 0.968 bits per heavy atom. The number of amides is 1. The Bertz CT molecular complexity index is 990. The second-order valence-corrected chi connectivity index (χ2v) is 8.14. The van der Waals surface area contributed by atoms with Crippen LogP contribution in [0.25, 0.3) is 11.3 Å². The van der Waals surface area contributed by atoms with Crippen LogP contribution in [0.15, 0.2) is 41.8 Å². The summed E-state index contributed by atoms with van der Waals surface area (Å²) in [7, 11) is 4.73. The molecule has 0 saturated carbocycles. The zero-order chi connectivity index (χ0) is 22.2. The summed E-state index contributed by atoms with van der Waals surface area (Å²) in [6.45, 7) is 2.61. The fourth-order valence-electron chi connectivity index (χ4n) is 3.31. The van der Waals surface area contributed by atoms with Crippen LogP contribution in [0.1, 0.15) is 22.6 Å². The Morgan fingerprint density at radius 3 is 2.19 bits per heavy atom. The minimum Gasteiger partial charge on any atom is -0.493 e. The molecule has 6 nitrogen and oxygen atoms in total. The summed E-state index contributed by atoms with van der Waals surface area (Å²) < 4.78 is 16.1. The van der Waals surface area contributed by atoms with Gasteiger partial charge in [-0.15, -0.1) is 11.3 Å². The number of thiazole rings is 1. The quantitative estimate of drug-likeness (QED) is 0.505. The monoisotopic (exact) mass is 440 g/mol. The lowest BCUT2D eigenvalue weighted by Crippen LogP contribution is -2.25. The lowest BCUT2D eigenvalue weighted by molar-refractivity contribution is -0.121. The number of nitrogens with zero attached hydrogens (tertiary/aromatic N) is 1. The van der Waals surface area contributed by atoms with Crippen LogP contribution in [0.5, 0.6) is 17.2 Å². The average Bonchev–Trinajstić information content (AvgIpc) is 3.23. The first-order chi connectivity index (χ1) is 15.0. The van der Waals surface area contributed by atoms with Crippen LogP contribution in [0.3, 0.4) is 0 Å².